The molecule has 22 heavy (non-hydrogen) atoms. The highest BCUT2D eigenvalue weighted by atomic mass is 16.5. The molecular weight excluding hydrogens is 278 g/mol. The number of rotatable bonds is 1. The molecule has 4 heteroatoms. The van der Waals surface area contributed by atoms with Crippen molar-refractivity contribution in [1.82, 2.24) is 5.32 Å². The van der Waals surface area contributed by atoms with Gasteiger partial charge in [-0.2, -0.15) is 0 Å². The molecule has 1 spiro atoms. The zero-order valence-electron chi connectivity index (χ0n) is 13.0. The number of ketones is 1. The number of hydrogen-bond donors (Lipinski definition) is 1. The molecule has 0 amide bonds. The number of ether oxygens (including phenoxy) is 2. The molecule has 5 rings (SSSR count). The van der Waals surface area contributed by atoms with Gasteiger partial charge in [-0.1, -0.05) is 13.0 Å². The lowest BCUT2D eigenvalue weighted by atomic mass is 9.49. The maximum Gasteiger partial charge on any atom is 0.174 e. The van der Waals surface area contributed by atoms with Crippen molar-refractivity contribution in [1.29, 1.82) is 0 Å². The Morgan fingerprint density at radius 2 is 2.23 bits per heavy atom. The van der Waals surface area contributed by atoms with Crippen molar-refractivity contribution in [3.63, 3.8) is 0 Å². The van der Waals surface area contributed by atoms with Gasteiger partial charge in [0.1, 0.15) is 0 Å². The fourth-order valence-electron chi connectivity index (χ4n) is 5.88. The van der Waals surface area contributed by atoms with Crippen molar-refractivity contribution < 1.29 is 14.3 Å². The Morgan fingerprint density at radius 1 is 1.36 bits per heavy atom. The number of benzene rings is 1. The van der Waals surface area contributed by atoms with Gasteiger partial charge >= 0.3 is 0 Å². The molecule has 0 unspecified atom stereocenters. The van der Waals surface area contributed by atoms with Gasteiger partial charge in [-0.3, -0.25) is 4.79 Å². The third kappa shape index (κ3) is 1.27. The second kappa shape index (κ2) is 4.05. The maximum absolute atomic E-state index is 12.7. The van der Waals surface area contributed by atoms with Gasteiger partial charge in [0, 0.05) is 23.4 Å². The van der Waals surface area contributed by atoms with Gasteiger partial charge in [0.25, 0.3) is 0 Å². The predicted molar refractivity (Wildman–Crippen MR) is 81.5 cm³/mol. The van der Waals surface area contributed by atoms with Crippen molar-refractivity contribution in [2.24, 2.45) is 11.8 Å². The standard InChI is InChI=1S/C18H21NO3/c1-9-7-12(20)17-18-5-6-19-11(14(9)18)8-10-3-4-13(21-2)16(22-17)15(10)18/h3-4,9,11,14,17,19H,5-8H2,1-2H3/t9-,11+,14-,17-,18-/m0/s1. The first kappa shape index (κ1) is 12.9. The van der Waals surface area contributed by atoms with E-state index in [2.05, 4.69) is 18.3 Å². The van der Waals surface area contributed by atoms with Crippen LogP contribution in [0.5, 0.6) is 11.5 Å². The second-order valence-corrected chi connectivity index (χ2v) is 7.36. The highest BCUT2D eigenvalue weighted by Crippen LogP contribution is 2.63. The maximum atomic E-state index is 12.7. The molecule has 1 saturated carbocycles. The van der Waals surface area contributed by atoms with Crippen molar-refractivity contribution in [3.8, 4) is 11.5 Å². The highest BCUT2D eigenvalue weighted by Gasteiger charge is 2.66. The monoisotopic (exact) mass is 299 g/mol. The zero-order valence-corrected chi connectivity index (χ0v) is 13.0. The summed E-state index contributed by atoms with van der Waals surface area (Å²) >= 11 is 0. The zero-order chi connectivity index (χ0) is 15.1. The normalized spacial score (nSPS) is 40.9. The summed E-state index contributed by atoms with van der Waals surface area (Å²) in [5, 5.41) is 3.70. The van der Waals surface area contributed by atoms with Crippen LogP contribution in [0.25, 0.3) is 0 Å². The molecule has 2 heterocycles. The van der Waals surface area contributed by atoms with Gasteiger partial charge in [0.2, 0.25) is 0 Å². The van der Waals surface area contributed by atoms with E-state index in [1.807, 2.05) is 6.07 Å². The van der Waals surface area contributed by atoms with Crippen LogP contribution in [-0.4, -0.2) is 31.6 Å². The largest absolute Gasteiger partial charge is 0.493 e. The molecule has 0 aromatic heterocycles. The summed E-state index contributed by atoms with van der Waals surface area (Å²) in [7, 11) is 1.68. The van der Waals surface area contributed by atoms with E-state index in [0.717, 1.165) is 30.9 Å². The summed E-state index contributed by atoms with van der Waals surface area (Å²) < 4.78 is 11.8. The van der Waals surface area contributed by atoms with Crippen molar-refractivity contribution >= 4 is 5.78 Å². The molecule has 4 nitrogen and oxygen atoms in total. The van der Waals surface area contributed by atoms with Gasteiger partial charge in [-0.15, -0.1) is 0 Å². The van der Waals surface area contributed by atoms with Crippen molar-refractivity contribution in [2.75, 3.05) is 13.7 Å². The molecule has 1 N–H and O–H groups in total. The lowest BCUT2D eigenvalue weighted by molar-refractivity contribution is -0.139. The van der Waals surface area contributed by atoms with Crippen LogP contribution in [0.4, 0.5) is 0 Å². The fraction of sp³-hybridized carbons (Fsp3) is 0.611. The minimum Gasteiger partial charge on any atom is -0.493 e. The number of carbonyl (C=O) groups is 1. The Balaban J connectivity index is 1.83. The molecule has 2 aliphatic heterocycles. The van der Waals surface area contributed by atoms with Crippen LogP contribution in [-0.2, 0) is 16.6 Å². The van der Waals surface area contributed by atoms with E-state index >= 15 is 0 Å². The molecule has 1 aromatic rings. The third-order valence-corrected chi connectivity index (χ3v) is 6.44. The van der Waals surface area contributed by atoms with Gasteiger partial charge in [0.05, 0.1) is 7.11 Å². The quantitative estimate of drug-likeness (QED) is 0.859. The number of hydrogen-bond acceptors (Lipinski definition) is 4. The van der Waals surface area contributed by atoms with E-state index in [9.17, 15) is 4.79 Å². The second-order valence-electron chi connectivity index (χ2n) is 7.36. The smallest absolute Gasteiger partial charge is 0.174 e. The Labute approximate surface area is 130 Å². The topological polar surface area (TPSA) is 47.6 Å². The van der Waals surface area contributed by atoms with Crippen LogP contribution in [0.3, 0.4) is 0 Å². The number of piperidine rings is 1. The first-order valence-electron chi connectivity index (χ1n) is 8.30. The molecule has 0 radical (unpaired) electrons. The highest BCUT2D eigenvalue weighted by molar-refractivity contribution is 5.89. The Bertz CT molecular complexity index is 685. The van der Waals surface area contributed by atoms with E-state index < -0.39 is 0 Å². The van der Waals surface area contributed by atoms with Gasteiger partial charge in [-0.05, 0) is 42.9 Å². The van der Waals surface area contributed by atoms with Crippen LogP contribution in [0.2, 0.25) is 0 Å². The lowest BCUT2D eigenvalue weighted by Crippen LogP contribution is -2.67. The van der Waals surface area contributed by atoms with Gasteiger partial charge < -0.3 is 14.8 Å². The first-order valence-corrected chi connectivity index (χ1v) is 8.30. The van der Waals surface area contributed by atoms with Gasteiger partial charge in [-0.25, -0.2) is 0 Å². The summed E-state index contributed by atoms with van der Waals surface area (Å²) in [6.07, 6.45) is 2.36. The van der Waals surface area contributed by atoms with Crippen molar-refractivity contribution in [3.05, 3.63) is 23.3 Å². The Kier molecular flexibility index (Phi) is 2.38. The van der Waals surface area contributed by atoms with E-state index in [1.54, 1.807) is 7.11 Å². The minimum atomic E-state index is -0.302. The summed E-state index contributed by atoms with van der Waals surface area (Å²) in [6, 6.07) is 4.63. The van der Waals surface area contributed by atoms with E-state index in [4.69, 9.17) is 9.47 Å². The third-order valence-electron chi connectivity index (χ3n) is 6.44. The molecule has 2 fully saturated rings. The number of nitrogens with one attached hydrogen (secondary N) is 1. The number of methoxy groups -OCH3 is 1. The van der Waals surface area contributed by atoms with Crippen LogP contribution >= 0.6 is 0 Å². The molecule has 5 atom stereocenters. The molecule has 1 aromatic carbocycles. The van der Waals surface area contributed by atoms with E-state index in [1.165, 1.54) is 11.1 Å². The molecule has 2 bridgehead atoms. The summed E-state index contributed by atoms with van der Waals surface area (Å²) in [5.74, 6) is 2.80. The Hall–Kier alpha value is -1.55. The predicted octanol–water partition coefficient (Wildman–Crippen LogP) is 1.84. The average Bonchev–Trinajstić information content (AvgIpc) is 2.83. The van der Waals surface area contributed by atoms with Crippen LogP contribution in [0.1, 0.15) is 30.9 Å². The minimum absolute atomic E-state index is 0.123. The number of Topliss-reactive ketones (excluding diaryl/α,β-unsaturated/α-hetero) is 1. The van der Waals surface area contributed by atoms with E-state index in [-0.39, 0.29) is 17.3 Å². The summed E-state index contributed by atoms with van der Waals surface area (Å²) in [5.41, 5.74) is 2.51. The van der Waals surface area contributed by atoms with Crippen LogP contribution in [0.15, 0.2) is 12.1 Å². The summed E-state index contributed by atoms with van der Waals surface area (Å²) in [4.78, 5) is 12.7. The van der Waals surface area contributed by atoms with Crippen molar-refractivity contribution in [2.45, 2.75) is 43.7 Å². The molecule has 116 valence electrons. The first-order chi connectivity index (χ1) is 10.7. The molecule has 2 aliphatic carbocycles. The summed E-state index contributed by atoms with van der Waals surface area (Å²) in [6.45, 7) is 3.21. The van der Waals surface area contributed by atoms with E-state index in [0.29, 0.717) is 24.3 Å². The lowest BCUT2D eigenvalue weighted by Gasteiger charge is -2.56. The fourth-order valence-corrected chi connectivity index (χ4v) is 5.88. The molecule has 1 saturated heterocycles. The number of carbonyl (C=O) groups excluding carboxylic acids is 1. The average molecular weight is 299 g/mol. The SMILES string of the molecule is COc1ccc2c3c1O[C@H]1C(=O)C[C@H](C)[C@H]4[C@@H](C2)NCC[C@@]341. The Morgan fingerprint density at radius 3 is 3.05 bits per heavy atom. The molecular formula is C18H21NO3. The molecule has 4 aliphatic rings. The van der Waals surface area contributed by atoms with Gasteiger partial charge in [0.15, 0.2) is 23.4 Å². The van der Waals surface area contributed by atoms with Crippen LogP contribution in [0, 0.1) is 11.8 Å². The van der Waals surface area contributed by atoms with Crippen LogP contribution < -0.4 is 14.8 Å².